The van der Waals surface area contributed by atoms with Gasteiger partial charge in [0.1, 0.15) is 18.4 Å². The van der Waals surface area contributed by atoms with Crippen LogP contribution in [0.4, 0.5) is 0 Å². The standard InChI is InChI=1S/C14H18N4O2/c1-11(8-18-10-15-9-16-18)17-14(19)7-12-4-3-5-13(6-12)20-2/h3-6,9-11H,7-8H2,1-2H3,(H,17,19). The fraction of sp³-hybridized carbons (Fsp3) is 0.357. The van der Waals surface area contributed by atoms with Crippen LogP contribution in [0.15, 0.2) is 36.9 Å². The Kier molecular flexibility index (Phi) is 4.70. The van der Waals surface area contributed by atoms with E-state index in [9.17, 15) is 4.79 Å². The molecule has 0 bridgehead atoms. The Morgan fingerprint density at radius 1 is 1.50 bits per heavy atom. The lowest BCUT2D eigenvalue weighted by molar-refractivity contribution is -0.121. The first-order valence-corrected chi connectivity index (χ1v) is 6.42. The number of nitrogens with one attached hydrogen (secondary N) is 1. The normalized spacial score (nSPS) is 11.9. The summed E-state index contributed by atoms with van der Waals surface area (Å²) in [4.78, 5) is 15.8. The molecule has 1 heterocycles. The fourth-order valence-electron chi connectivity index (χ4n) is 1.95. The number of methoxy groups -OCH3 is 1. The Hall–Kier alpha value is -2.37. The maximum absolute atomic E-state index is 12.0. The second-order valence-corrected chi connectivity index (χ2v) is 4.61. The van der Waals surface area contributed by atoms with Gasteiger partial charge in [-0.2, -0.15) is 5.10 Å². The van der Waals surface area contributed by atoms with E-state index in [4.69, 9.17) is 4.74 Å². The average Bonchev–Trinajstić information content (AvgIpc) is 2.91. The highest BCUT2D eigenvalue weighted by molar-refractivity contribution is 5.78. The maximum Gasteiger partial charge on any atom is 0.224 e. The molecule has 0 saturated carbocycles. The number of benzene rings is 1. The van der Waals surface area contributed by atoms with Crippen LogP contribution < -0.4 is 10.1 Å². The Morgan fingerprint density at radius 2 is 2.35 bits per heavy atom. The number of hydrogen-bond acceptors (Lipinski definition) is 4. The molecular weight excluding hydrogens is 256 g/mol. The van der Waals surface area contributed by atoms with Crippen molar-refractivity contribution in [1.82, 2.24) is 20.1 Å². The summed E-state index contributed by atoms with van der Waals surface area (Å²) in [5, 5.41) is 6.94. The number of amides is 1. The van der Waals surface area contributed by atoms with Crippen LogP contribution in [-0.4, -0.2) is 33.8 Å². The van der Waals surface area contributed by atoms with Gasteiger partial charge >= 0.3 is 0 Å². The molecule has 2 aromatic rings. The third-order valence-electron chi connectivity index (χ3n) is 2.83. The Labute approximate surface area is 117 Å². The predicted molar refractivity (Wildman–Crippen MR) is 74.3 cm³/mol. The minimum Gasteiger partial charge on any atom is -0.497 e. The van der Waals surface area contributed by atoms with Gasteiger partial charge in [0.05, 0.1) is 20.1 Å². The molecule has 0 saturated heterocycles. The van der Waals surface area contributed by atoms with E-state index in [1.54, 1.807) is 18.1 Å². The zero-order chi connectivity index (χ0) is 14.4. The van der Waals surface area contributed by atoms with Crippen LogP contribution in [-0.2, 0) is 17.8 Å². The molecule has 1 N–H and O–H groups in total. The molecule has 1 atom stereocenters. The fourth-order valence-corrected chi connectivity index (χ4v) is 1.95. The van der Waals surface area contributed by atoms with Gasteiger partial charge < -0.3 is 10.1 Å². The first kappa shape index (κ1) is 14.0. The summed E-state index contributed by atoms with van der Waals surface area (Å²) in [6.45, 7) is 2.54. The average molecular weight is 274 g/mol. The number of hydrogen-bond donors (Lipinski definition) is 1. The van der Waals surface area contributed by atoms with Crippen LogP contribution in [0.1, 0.15) is 12.5 Å². The van der Waals surface area contributed by atoms with Crippen LogP contribution in [0.5, 0.6) is 5.75 Å². The van der Waals surface area contributed by atoms with E-state index < -0.39 is 0 Å². The van der Waals surface area contributed by atoms with Crippen molar-refractivity contribution < 1.29 is 9.53 Å². The molecule has 0 radical (unpaired) electrons. The maximum atomic E-state index is 12.0. The molecule has 0 aliphatic carbocycles. The predicted octanol–water partition coefficient (Wildman–Crippen LogP) is 1.03. The summed E-state index contributed by atoms with van der Waals surface area (Å²) in [5.74, 6) is 0.733. The molecule has 1 unspecified atom stereocenters. The van der Waals surface area contributed by atoms with E-state index in [0.717, 1.165) is 11.3 Å². The largest absolute Gasteiger partial charge is 0.497 e. The number of carbonyl (C=O) groups excluding carboxylic acids is 1. The van der Waals surface area contributed by atoms with Gasteiger partial charge in [0.15, 0.2) is 0 Å². The first-order chi connectivity index (χ1) is 9.67. The van der Waals surface area contributed by atoms with E-state index in [1.807, 2.05) is 31.2 Å². The number of rotatable bonds is 6. The molecule has 0 spiro atoms. The van der Waals surface area contributed by atoms with Gasteiger partial charge in [0.25, 0.3) is 0 Å². The smallest absolute Gasteiger partial charge is 0.224 e. The second-order valence-electron chi connectivity index (χ2n) is 4.61. The molecule has 1 aromatic heterocycles. The van der Waals surface area contributed by atoms with Crippen molar-refractivity contribution in [1.29, 1.82) is 0 Å². The third kappa shape index (κ3) is 4.08. The molecule has 1 amide bonds. The summed E-state index contributed by atoms with van der Waals surface area (Å²) in [6, 6.07) is 7.50. The van der Waals surface area contributed by atoms with Crippen LogP contribution in [0.3, 0.4) is 0 Å². The minimum atomic E-state index is -0.0223. The molecule has 0 fully saturated rings. The van der Waals surface area contributed by atoms with Crippen molar-refractivity contribution in [3.05, 3.63) is 42.5 Å². The molecule has 6 nitrogen and oxygen atoms in total. The quantitative estimate of drug-likeness (QED) is 0.854. The van der Waals surface area contributed by atoms with E-state index in [-0.39, 0.29) is 11.9 Å². The zero-order valence-electron chi connectivity index (χ0n) is 11.6. The molecular formula is C14H18N4O2. The minimum absolute atomic E-state index is 0.00481. The highest BCUT2D eigenvalue weighted by atomic mass is 16.5. The van der Waals surface area contributed by atoms with E-state index in [0.29, 0.717) is 13.0 Å². The van der Waals surface area contributed by atoms with Crippen molar-refractivity contribution >= 4 is 5.91 Å². The monoisotopic (exact) mass is 274 g/mol. The van der Waals surface area contributed by atoms with Crippen molar-refractivity contribution in [3.8, 4) is 5.75 Å². The lowest BCUT2D eigenvalue weighted by atomic mass is 10.1. The van der Waals surface area contributed by atoms with Crippen molar-refractivity contribution in [3.63, 3.8) is 0 Å². The third-order valence-corrected chi connectivity index (χ3v) is 2.83. The summed E-state index contributed by atoms with van der Waals surface area (Å²) >= 11 is 0. The number of nitrogens with zero attached hydrogens (tertiary/aromatic N) is 3. The Balaban J connectivity index is 1.85. The summed E-state index contributed by atoms with van der Waals surface area (Å²) < 4.78 is 6.83. The van der Waals surface area contributed by atoms with Crippen molar-refractivity contribution in [2.45, 2.75) is 25.9 Å². The highest BCUT2D eigenvalue weighted by Crippen LogP contribution is 2.12. The highest BCUT2D eigenvalue weighted by Gasteiger charge is 2.09. The Morgan fingerprint density at radius 3 is 3.05 bits per heavy atom. The molecule has 6 heteroatoms. The van der Waals surface area contributed by atoms with Gasteiger partial charge in [-0.3, -0.25) is 9.48 Å². The number of carbonyl (C=O) groups is 1. The summed E-state index contributed by atoms with van der Waals surface area (Å²) in [5.41, 5.74) is 0.926. The molecule has 106 valence electrons. The van der Waals surface area contributed by atoms with Gasteiger partial charge in [-0.25, -0.2) is 4.98 Å². The van der Waals surface area contributed by atoms with Crippen LogP contribution in [0, 0.1) is 0 Å². The topological polar surface area (TPSA) is 69.0 Å². The molecule has 0 aliphatic heterocycles. The molecule has 2 rings (SSSR count). The van der Waals surface area contributed by atoms with Gasteiger partial charge in [0, 0.05) is 6.04 Å². The first-order valence-electron chi connectivity index (χ1n) is 6.42. The molecule has 0 aliphatic rings. The van der Waals surface area contributed by atoms with E-state index >= 15 is 0 Å². The number of ether oxygens (including phenoxy) is 1. The van der Waals surface area contributed by atoms with Crippen LogP contribution >= 0.6 is 0 Å². The lowest BCUT2D eigenvalue weighted by Crippen LogP contribution is -2.36. The SMILES string of the molecule is COc1cccc(CC(=O)NC(C)Cn2cncn2)c1. The van der Waals surface area contributed by atoms with Crippen molar-refractivity contribution in [2.24, 2.45) is 0 Å². The summed E-state index contributed by atoms with van der Waals surface area (Å²) in [7, 11) is 1.61. The van der Waals surface area contributed by atoms with Gasteiger partial charge in [-0.1, -0.05) is 12.1 Å². The Bertz CT molecular complexity index is 554. The summed E-state index contributed by atoms with van der Waals surface area (Å²) in [6.07, 6.45) is 3.44. The molecule has 1 aromatic carbocycles. The van der Waals surface area contributed by atoms with Gasteiger partial charge in [-0.15, -0.1) is 0 Å². The molecule has 20 heavy (non-hydrogen) atoms. The van der Waals surface area contributed by atoms with Gasteiger partial charge in [-0.05, 0) is 24.6 Å². The van der Waals surface area contributed by atoms with Crippen LogP contribution in [0.25, 0.3) is 0 Å². The van der Waals surface area contributed by atoms with E-state index in [1.165, 1.54) is 6.33 Å². The second kappa shape index (κ2) is 6.70. The van der Waals surface area contributed by atoms with Crippen LogP contribution in [0.2, 0.25) is 0 Å². The number of aromatic nitrogens is 3. The van der Waals surface area contributed by atoms with Gasteiger partial charge in [0.2, 0.25) is 5.91 Å². The van der Waals surface area contributed by atoms with Crippen molar-refractivity contribution in [2.75, 3.05) is 7.11 Å². The zero-order valence-corrected chi connectivity index (χ0v) is 11.6. The van der Waals surface area contributed by atoms with E-state index in [2.05, 4.69) is 15.4 Å². The lowest BCUT2D eigenvalue weighted by Gasteiger charge is -2.13.